The van der Waals surface area contributed by atoms with E-state index in [1.165, 1.54) is 19.3 Å². The van der Waals surface area contributed by atoms with Crippen LogP contribution in [0.2, 0.25) is 0 Å². The fourth-order valence-electron chi connectivity index (χ4n) is 5.16. The first-order valence-electron chi connectivity index (χ1n) is 17.0. The van der Waals surface area contributed by atoms with Crippen LogP contribution in [-0.4, -0.2) is 39.7 Å². The van der Waals surface area contributed by atoms with Crippen molar-refractivity contribution in [3.8, 4) is 0 Å². The quantitative estimate of drug-likeness (QED) is 0.0469. The summed E-state index contributed by atoms with van der Waals surface area (Å²) >= 11 is 0. The molecule has 0 radical (unpaired) electrons. The molecule has 0 aromatic heterocycles. The minimum absolute atomic E-state index is 0.0255. The second-order valence-corrected chi connectivity index (χ2v) is 12.8. The lowest BCUT2D eigenvalue weighted by Crippen LogP contribution is -2.37. The van der Waals surface area contributed by atoms with Gasteiger partial charge >= 0.3 is 6.09 Å². The average molecular weight is 620 g/mol. The molecule has 0 heterocycles. The lowest BCUT2D eigenvalue weighted by atomic mass is 9.83. The number of ether oxygens (including phenoxy) is 1. The molecule has 1 rings (SSSR count). The SMILES string of the molecule is C1CC1.C=C/C=C\CC(OC(N)=O)C(C)C(O)C(C)C/C(C)=C\C(C)C(O)C(C)/C=C\CCCC(C)C[C@@H](C)C(=C)O.CC. The number of hydrogen-bond acceptors (Lipinski definition) is 5. The second-order valence-electron chi connectivity index (χ2n) is 12.8. The minimum atomic E-state index is -0.852. The summed E-state index contributed by atoms with van der Waals surface area (Å²) in [5.41, 5.74) is 6.35. The van der Waals surface area contributed by atoms with Crippen LogP contribution in [0.15, 0.2) is 60.9 Å². The third-order valence-electron chi connectivity index (χ3n) is 8.07. The molecule has 256 valence electrons. The first-order valence-corrected chi connectivity index (χ1v) is 17.0. The van der Waals surface area contributed by atoms with Crippen LogP contribution in [0.25, 0.3) is 0 Å². The van der Waals surface area contributed by atoms with E-state index in [0.717, 1.165) is 31.3 Å². The van der Waals surface area contributed by atoms with Crippen LogP contribution >= 0.6 is 0 Å². The number of allylic oxidation sites excluding steroid dienone is 5. The average Bonchev–Trinajstić information content (AvgIpc) is 3.85. The van der Waals surface area contributed by atoms with Crippen molar-refractivity contribution in [1.82, 2.24) is 0 Å². The molecule has 0 spiro atoms. The standard InChI is InChI=1S/C33H57NO5.C3H6.C2H6/c1-10-11-13-18-30(39-33(34)38)28(8)32(37)27(7)21-23(3)20-26(6)31(36)24(4)17-15-12-14-16-22(2)19-25(5)29(9)35;1-2-3-1;1-2/h10-11,13,15,17,20,22,24-28,30-32,35-37H,1,9,12,14,16,18-19,21H2,2-8H3,(H2,34,38);1-3H2;1-2H3/b13-11-,17-15-,23-20-;;/t22?,24?,25-,26?,27?,28?,30?,31?,32?;;/m1../s1. The van der Waals surface area contributed by atoms with E-state index in [9.17, 15) is 20.1 Å². The van der Waals surface area contributed by atoms with Crippen LogP contribution in [0.1, 0.15) is 120 Å². The maximum atomic E-state index is 11.4. The number of rotatable bonds is 20. The molecule has 6 heteroatoms. The van der Waals surface area contributed by atoms with E-state index in [-0.39, 0.29) is 35.3 Å². The molecule has 0 aromatic rings. The molecule has 1 aliphatic carbocycles. The number of aliphatic hydroxyl groups is 3. The Morgan fingerprint density at radius 1 is 0.977 bits per heavy atom. The van der Waals surface area contributed by atoms with Crippen molar-refractivity contribution in [3.63, 3.8) is 0 Å². The molecule has 0 bridgehead atoms. The van der Waals surface area contributed by atoms with E-state index in [4.69, 9.17) is 10.5 Å². The van der Waals surface area contributed by atoms with Gasteiger partial charge in [0.2, 0.25) is 0 Å². The fraction of sp³-hybridized carbons (Fsp3) is 0.711. The largest absolute Gasteiger partial charge is 0.513 e. The molecule has 1 saturated carbocycles. The molecule has 0 aliphatic heterocycles. The van der Waals surface area contributed by atoms with Crippen molar-refractivity contribution >= 4 is 6.09 Å². The normalized spacial score (nSPS) is 19.1. The molecule has 44 heavy (non-hydrogen) atoms. The van der Waals surface area contributed by atoms with Crippen molar-refractivity contribution in [2.24, 2.45) is 41.2 Å². The van der Waals surface area contributed by atoms with Crippen molar-refractivity contribution in [1.29, 1.82) is 0 Å². The maximum Gasteiger partial charge on any atom is 0.404 e. The third kappa shape index (κ3) is 22.2. The number of hydrogen-bond donors (Lipinski definition) is 4. The van der Waals surface area contributed by atoms with Crippen molar-refractivity contribution in [2.45, 2.75) is 138 Å². The highest BCUT2D eigenvalue weighted by Crippen LogP contribution is 2.27. The van der Waals surface area contributed by atoms with E-state index in [2.05, 4.69) is 38.3 Å². The Balaban J connectivity index is 0. The summed E-state index contributed by atoms with van der Waals surface area (Å²) < 4.78 is 5.27. The van der Waals surface area contributed by atoms with Crippen LogP contribution in [-0.2, 0) is 4.74 Å². The molecule has 8 unspecified atom stereocenters. The Labute approximate surface area is 271 Å². The number of primary amides is 1. The zero-order chi connectivity index (χ0) is 34.2. The summed E-state index contributed by atoms with van der Waals surface area (Å²) in [7, 11) is 0. The summed E-state index contributed by atoms with van der Waals surface area (Å²) in [5.74, 6) is 0.555. The van der Waals surface area contributed by atoms with Gasteiger partial charge in [0.25, 0.3) is 0 Å². The highest BCUT2D eigenvalue weighted by molar-refractivity contribution is 5.64. The first-order chi connectivity index (χ1) is 20.7. The topological polar surface area (TPSA) is 113 Å². The van der Waals surface area contributed by atoms with Gasteiger partial charge in [-0.3, -0.25) is 0 Å². The summed E-state index contributed by atoms with van der Waals surface area (Å²) in [6.45, 7) is 25.4. The van der Waals surface area contributed by atoms with E-state index in [1.54, 1.807) is 12.2 Å². The monoisotopic (exact) mass is 620 g/mol. The number of aliphatic hydroxyl groups excluding tert-OH is 3. The third-order valence-corrected chi connectivity index (χ3v) is 8.07. The van der Waals surface area contributed by atoms with Gasteiger partial charge in [0.1, 0.15) is 6.10 Å². The van der Waals surface area contributed by atoms with Gasteiger partial charge in [-0.15, -0.1) is 0 Å². The molecule has 1 aliphatic rings. The number of unbranched alkanes of at least 4 members (excludes halogenated alkanes) is 1. The van der Waals surface area contributed by atoms with Crippen molar-refractivity contribution in [2.75, 3.05) is 0 Å². The van der Waals surface area contributed by atoms with Crippen LogP contribution in [0, 0.1) is 35.5 Å². The van der Waals surface area contributed by atoms with Crippen LogP contribution in [0.5, 0.6) is 0 Å². The van der Waals surface area contributed by atoms with Gasteiger partial charge in [0, 0.05) is 30.1 Å². The minimum Gasteiger partial charge on any atom is -0.513 e. The molecule has 0 saturated heterocycles. The Morgan fingerprint density at radius 3 is 2.07 bits per heavy atom. The molecular weight excluding hydrogens is 550 g/mol. The predicted molar refractivity (Wildman–Crippen MR) is 188 cm³/mol. The zero-order valence-electron chi connectivity index (χ0n) is 29.7. The van der Waals surface area contributed by atoms with E-state index < -0.39 is 24.4 Å². The molecule has 1 fully saturated rings. The fourth-order valence-corrected chi connectivity index (χ4v) is 5.16. The lowest BCUT2D eigenvalue weighted by molar-refractivity contribution is -0.0116. The smallest absolute Gasteiger partial charge is 0.404 e. The Hall–Kier alpha value is -2.31. The number of amides is 1. The van der Waals surface area contributed by atoms with E-state index in [0.29, 0.717) is 18.8 Å². The van der Waals surface area contributed by atoms with Gasteiger partial charge in [-0.1, -0.05) is 136 Å². The number of carbonyl (C=O) groups excluding carboxylic acids is 1. The predicted octanol–water partition coefficient (Wildman–Crippen LogP) is 9.84. The molecule has 5 N–H and O–H groups in total. The molecule has 1 amide bonds. The van der Waals surface area contributed by atoms with Crippen LogP contribution in [0.4, 0.5) is 4.79 Å². The summed E-state index contributed by atoms with van der Waals surface area (Å²) in [6.07, 6.45) is 18.7. The van der Waals surface area contributed by atoms with Crippen LogP contribution < -0.4 is 5.73 Å². The maximum absolute atomic E-state index is 11.4. The Bertz CT molecular complexity index is 859. The number of carbonyl (C=O) groups is 1. The highest BCUT2D eigenvalue weighted by atomic mass is 16.6. The van der Waals surface area contributed by atoms with Gasteiger partial charge in [-0.05, 0) is 44.4 Å². The summed E-state index contributed by atoms with van der Waals surface area (Å²) in [5, 5.41) is 31.3. The summed E-state index contributed by atoms with van der Waals surface area (Å²) in [6, 6.07) is 0. The second kappa shape index (κ2) is 26.0. The van der Waals surface area contributed by atoms with E-state index >= 15 is 0 Å². The zero-order valence-corrected chi connectivity index (χ0v) is 29.7. The van der Waals surface area contributed by atoms with Crippen molar-refractivity contribution < 1.29 is 24.9 Å². The molecule has 0 aromatic carbocycles. The summed E-state index contributed by atoms with van der Waals surface area (Å²) in [4.78, 5) is 11.4. The molecule has 6 nitrogen and oxygen atoms in total. The number of nitrogens with two attached hydrogens (primary N) is 1. The van der Waals surface area contributed by atoms with Gasteiger partial charge in [-0.25, -0.2) is 4.79 Å². The Kier molecular flexibility index (Phi) is 25.9. The molecular formula is C38H69NO5. The Morgan fingerprint density at radius 2 is 1.57 bits per heavy atom. The van der Waals surface area contributed by atoms with Gasteiger partial charge in [0.15, 0.2) is 0 Å². The lowest BCUT2D eigenvalue weighted by Gasteiger charge is -2.30. The first kappa shape index (κ1) is 43.8. The van der Waals surface area contributed by atoms with Crippen molar-refractivity contribution in [3.05, 3.63) is 60.9 Å². The van der Waals surface area contributed by atoms with Gasteiger partial charge in [0.05, 0.1) is 18.0 Å². The van der Waals surface area contributed by atoms with Gasteiger partial charge < -0.3 is 25.8 Å². The van der Waals surface area contributed by atoms with Gasteiger partial charge in [-0.2, -0.15) is 0 Å². The highest BCUT2D eigenvalue weighted by Gasteiger charge is 2.30. The van der Waals surface area contributed by atoms with E-state index in [1.807, 2.05) is 61.5 Å². The van der Waals surface area contributed by atoms with Crippen LogP contribution in [0.3, 0.4) is 0 Å². The molecule has 9 atom stereocenters.